The average molecular weight is 280 g/mol. The molecule has 1 unspecified atom stereocenters. The van der Waals surface area contributed by atoms with Crippen molar-refractivity contribution in [1.29, 1.82) is 0 Å². The summed E-state index contributed by atoms with van der Waals surface area (Å²) in [6.45, 7) is 7.90. The van der Waals surface area contributed by atoms with Gasteiger partial charge >= 0.3 is 6.09 Å². The summed E-state index contributed by atoms with van der Waals surface area (Å²) in [4.78, 5) is 21.7. The molecule has 20 heavy (non-hydrogen) atoms. The summed E-state index contributed by atoms with van der Waals surface area (Å²) in [5.41, 5.74) is 7.13. The van der Waals surface area contributed by atoms with Crippen LogP contribution < -0.4 is 5.73 Å². The normalized spacial score (nSPS) is 12.9. The van der Waals surface area contributed by atoms with Crippen molar-refractivity contribution in [1.82, 2.24) is 14.9 Å². The van der Waals surface area contributed by atoms with E-state index in [9.17, 15) is 4.79 Å². The average Bonchev–Trinajstić information content (AvgIpc) is 2.34. The molecular weight excluding hydrogens is 256 g/mol. The molecule has 0 bridgehead atoms. The van der Waals surface area contributed by atoms with Crippen LogP contribution >= 0.6 is 0 Å². The maximum absolute atomic E-state index is 11.8. The molecule has 0 aromatic carbocycles. The van der Waals surface area contributed by atoms with E-state index < -0.39 is 5.60 Å². The number of aromatic nitrogens is 2. The molecule has 1 aromatic heterocycles. The number of nitrogens with two attached hydrogens (primary N) is 1. The van der Waals surface area contributed by atoms with Crippen LogP contribution in [-0.2, 0) is 4.74 Å². The van der Waals surface area contributed by atoms with Gasteiger partial charge in [-0.1, -0.05) is 0 Å². The molecule has 1 heterocycles. The maximum atomic E-state index is 11.8. The summed E-state index contributed by atoms with van der Waals surface area (Å²) < 4.78 is 5.27. The minimum Gasteiger partial charge on any atom is -0.444 e. The molecule has 0 aliphatic heterocycles. The van der Waals surface area contributed by atoms with Crippen LogP contribution in [0.2, 0.25) is 0 Å². The zero-order valence-corrected chi connectivity index (χ0v) is 12.9. The summed E-state index contributed by atoms with van der Waals surface area (Å²) in [5.74, 6) is 0. The van der Waals surface area contributed by atoms with Gasteiger partial charge < -0.3 is 15.4 Å². The van der Waals surface area contributed by atoms with Crippen molar-refractivity contribution < 1.29 is 9.53 Å². The lowest BCUT2D eigenvalue weighted by Gasteiger charge is -2.25. The van der Waals surface area contributed by atoms with Crippen molar-refractivity contribution in [3.8, 4) is 0 Å². The molecule has 2 N–H and O–H groups in total. The Bertz CT molecular complexity index is 439. The predicted octanol–water partition coefficient (Wildman–Crippen LogP) is 2.04. The van der Waals surface area contributed by atoms with Gasteiger partial charge in [-0.25, -0.2) is 4.79 Å². The standard InChI is InChI=1S/C14H24N4O2/c1-10-8-17-12(9-16-10)11(15)6-7-18(5)13(19)20-14(2,3)4/h8-9,11H,6-7,15H2,1-5H3. The third kappa shape index (κ3) is 5.52. The Hall–Kier alpha value is -1.69. The van der Waals surface area contributed by atoms with Crippen molar-refractivity contribution >= 4 is 6.09 Å². The zero-order chi connectivity index (χ0) is 15.3. The van der Waals surface area contributed by atoms with Crippen LogP contribution in [0.3, 0.4) is 0 Å². The molecule has 1 rings (SSSR count). The van der Waals surface area contributed by atoms with Crippen molar-refractivity contribution in [2.24, 2.45) is 5.73 Å². The first-order valence-corrected chi connectivity index (χ1v) is 6.67. The molecule has 0 fully saturated rings. The number of aryl methyl sites for hydroxylation is 1. The van der Waals surface area contributed by atoms with Crippen LogP contribution in [0.5, 0.6) is 0 Å². The highest BCUT2D eigenvalue weighted by atomic mass is 16.6. The molecular formula is C14H24N4O2. The monoisotopic (exact) mass is 280 g/mol. The first-order valence-electron chi connectivity index (χ1n) is 6.67. The lowest BCUT2D eigenvalue weighted by molar-refractivity contribution is 0.0294. The van der Waals surface area contributed by atoms with Gasteiger partial charge in [0.15, 0.2) is 0 Å². The molecule has 1 amide bonds. The molecule has 0 aliphatic carbocycles. The molecule has 6 nitrogen and oxygen atoms in total. The number of hydrogen-bond acceptors (Lipinski definition) is 5. The largest absolute Gasteiger partial charge is 0.444 e. The predicted molar refractivity (Wildman–Crippen MR) is 77.2 cm³/mol. The van der Waals surface area contributed by atoms with Gasteiger partial charge in [-0.2, -0.15) is 0 Å². The number of carbonyl (C=O) groups is 1. The van der Waals surface area contributed by atoms with E-state index in [1.54, 1.807) is 19.4 Å². The second-order valence-corrected chi connectivity index (χ2v) is 5.88. The van der Waals surface area contributed by atoms with E-state index in [4.69, 9.17) is 10.5 Å². The summed E-state index contributed by atoms with van der Waals surface area (Å²) in [6.07, 6.45) is 3.62. The van der Waals surface area contributed by atoms with E-state index >= 15 is 0 Å². The van der Waals surface area contributed by atoms with Crippen molar-refractivity contribution in [3.63, 3.8) is 0 Å². The fourth-order valence-corrected chi connectivity index (χ4v) is 1.51. The number of carbonyl (C=O) groups excluding carboxylic acids is 1. The zero-order valence-electron chi connectivity index (χ0n) is 12.9. The summed E-state index contributed by atoms with van der Waals surface area (Å²) in [6, 6.07) is -0.243. The van der Waals surface area contributed by atoms with Crippen molar-refractivity contribution in [2.75, 3.05) is 13.6 Å². The summed E-state index contributed by atoms with van der Waals surface area (Å²) in [7, 11) is 1.70. The van der Waals surface area contributed by atoms with E-state index in [0.717, 1.165) is 11.4 Å². The second-order valence-electron chi connectivity index (χ2n) is 5.88. The molecule has 0 spiro atoms. The molecule has 0 radical (unpaired) electrons. The van der Waals surface area contributed by atoms with E-state index in [1.807, 2.05) is 27.7 Å². The molecule has 0 saturated heterocycles. The third-order valence-electron chi connectivity index (χ3n) is 2.66. The van der Waals surface area contributed by atoms with Gasteiger partial charge in [0, 0.05) is 19.8 Å². The molecule has 112 valence electrons. The summed E-state index contributed by atoms with van der Waals surface area (Å²) >= 11 is 0. The Labute approximate surface area is 120 Å². The van der Waals surface area contributed by atoms with Gasteiger partial charge in [-0.05, 0) is 34.1 Å². The topological polar surface area (TPSA) is 81.3 Å². The molecule has 6 heteroatoms. The van der Waals surface area contributed by atoms with Crippen molar-refractivity contribution in [3.05, 3.63) is 23.8 Å². The Morgan fingerprint density at radius 3 is 2.55 bits per heavy atom. The summed E-state index contributed by atoms with van der Waals surface area (Å²) in [5, 5.41) is 0. The SMILES string of the molecule is Cc1cnc(C(N)CCN(C)C(=O)OC(C)(C)C)cn1. The highest BCUT2D eigenvalue weighted by molar-refractivity contribution is 5.67. The van der Waals surface area contributed by atoms with Gasteiger partial charge in [0.05, 0.1) is 23.6 Å². The van der Waals surface area contributed by atoms with Crippen LogP contribution in [0.15, 0.2) is 12.4 Å². The quantitative estimate of drug-likeness (QED) is 0.912. The number of nitrogens with zero attached hydrogens (tertiary/aromatic N) is 3. The molecule has 0 aliphatic rings. The van der Waals surface area contributed by atoms with E-state index in [1.165, 1.54) is 4.90 Å². The Morgan fingerprint density at radius 1 is 1.40 bits per heavy atom. The third-order valence-corrected chi connectivity index (χ3v) is 2.66. The lowest BCUT2D eigenvalue weighted by atomic mass is 10.1. The minimum atomic E-state index is -0.490. The lowest BCUT2D eigenvalue weighted by Crippen LogP contribution is -2.35. The number of ether oxygens (including phenoxy) is 1. The van der Waals surface area contributed by atoms with Crippen LogP contribution in [0.4, 0.5) is 4.79 Å². The van der Waals surface area contributed by atoms with Gasteiger partial charge in [0.2, 0.25) is 0 Å². The Kier molecular flexibility index (Phi) is 5.44. The highest BCUT2D eigenvalue weighted by Gasteiger charge is 2.20. The number of rotatable bonds is 4. The minimum absolute atomic E-state index is 0.243. The van der Waals surface area contributed by atoms with Gasteiger partial charge in [-0.15, -0.1) is 0 Å². The highest BCUT2D eigenvalue weighted by Crippen LogP contribution is 2.13. The van der Waals surface area contributed by atoms with Gasteiger partial charge in [0.1, 0.15) is 5.60 Å². The van der Waals surface area contributed by atoms with Crippen LogP contribution in [0.25, 0.3) is 0 Å². The number of amides is 1. The van der Waals surface area contributed by atoms with Crippen LogP contribution in [0.1, 0.15) is 44.6 Å². The molecule has 0 saturated carbocycles. The fraction of sp³-hybridized carbons (Fsp3) is 0.643. The van der Waals surface area contributed by atoms with Crippen LogP contribution in [0, 0.1) is 6.92 Å². The second kappa shape index (κ2) is 6.65. The maximum Gasteiger partial charge on any atom is 0.410 e. The first-order chi connectivity index (χ1) is 9.19. The van der Waals surface area contributed by atoms with E-state index in [0.29, 0.717) is 13.0 Å². The van der Waals surface area contributed by atoms with Crippen molar-refractivity contribution in [2.45, 2.75) is 45.8 Å². The smallest absolute Gasteiger partial charge is 0.410 e. The van der Waals surface area contributed by atoms with Gasteiger partial charge in [-0.3, -0.25) is 9.97 Å². The van der Waals surface area contributed by atoms with Gasteiger partial charge in [0.25, 0.3) is 0 Å². The Morgan fingerprint density at radius 2 is 2.05 bits per heavy atom. The number of hydrogen-bond donors (Lipinski definition) is 1. The first kappa shape index (κ1) is 16.4. The van der Waals surface area contributed by atoms with E-state index in [-0.39, 0.29) is 12.1 Å². The Balaban J connectivity index is 2.46. The fourth-order valence-electron chi connectivity index (χ4n) is 1.51. The molecule has 1 atom stereocenters. The van der Waals surface area contributed by atoms with E-state index in [2.05, 4.69) is 9.97 Å². The molecule has 1 aromatic rings. The van der Waals surface area contributed by atoms with Crippen LogP contribution in [-0.4, -0.2) is 40.2 Å².